The zero-order valence-electron chi connectivity index (χ0n) is 8.12. The van der Waals surface area contributed by atoms with E-state index in [1.807, 2.05) is 6.08 Å². The van der Waals surface area contributed by atoms with Crippen LogP contribution in [0.4, 0.5) is 0 Å². The maximum absolute atomic E-state index is 11.8. The molecule has 0 N–H and O–H groups in total. The lowest BCUT2D eigenvalue weighted by atomic mass is 9.62. The quantitative estimate of drug-likeness (QED) is 0.584. The summed E-state index contributed by atoms with van der Waals surface area (Å²) in [5.74, 6) is 0.270. The molecule has 0 aliphatic heterocycles. The molecule has 0 aromatic rings. The standard InChI is InChI=1S/C12H13NO/c1-9-5-6-12(8-13)10(7-9)3-2-4-11(12)14/h5-6,10H,1-4,7H2. The fraction of sp³-hybridized carbons (Fsp3) is 0.500. The highest BCUT2D eigenvalue weighted by Gasteiger charge is 2.47. The Kier molecular flexibility index (Phi) is 2.03. The first-order valence-electron chi connectivity index (χ1n) is 5.00. The Balaban J connectivity index is 2.45. The molecule has 14 heavy (non-hydrogen) atoms. The first-order valence-corrected chi connectivity index (χ1v) is 5.00. The van der Waals surface area contributed by atoms with Crippen LogP contribution in [0, 0.1) is 22.7 Å². The van der Waals surface area contributed by atoms with Gasteiger partial charge in [0.2, 0.25) is 0 Å². The Labute approximate surface area is 83.9 Å². The van der Waals surface area contributed by atoms with Gasteiger partial charge in [-0.25, -0.2) is 0 Å². The molecule has 1 fully saturated rings. The molecule has 2 aliphatic rings. The van der Waals surface area contributed by atoms with Gasteiger partial charge in [0.1, 0.15) is 5.41 Å². The van der Waals surface area contributed by atoms with Crippen LogP contribution in [0.3, 0.4) is 0 Å². The molecule has 2 aliphatic carbocycles. The minimum Gasteiger partial charge on any atom is -0.298 e. The lowest BCUT2D eigenvalue weighted by Gasteiger charge is -2.38. The Morgan fingerprint density at radius 3 is 3.14 bits per heavy atom. The van der Waals surface area contributed by atoms with Crippen LogP contribution < -0.4 is 0 Å². The zero-order valence-corrected chi connectivity index (χ0v) is 8.12. The second kappa shape index (κ2) is 3.09. The average molecular weight is 187 g/mol. The van der Waals surface area contributed by atoms with Crippen LogP contribution in [-0.4, -0.2) is 5.78 Å². The number of nitriles is 1. The third kappa shape index (κ3) is 1.13. The molecule has 72 valence electrons. The predicted molar refractivity (Wildman–Crippen MR) is 53.3 cm³/mol. The number of carbonyl (C=O) groups is 1. The van der Waals surface area contributed by atoms with Gasteiger partial charge in [-0.2, -0.15) is 5.26 Å². The molecule has 2 heteroatoms. The van der Waals surface area contributed by atoms with E-state index in [1.54, 1.807) is 6.08 Å². The Morgan fingerprint density at radius 2 is 2.43 bits per heavy atom. The summed E-state index contributed by atoms with van der Waals surface area (Å²) in [5.41, 5.74) is 0.218. The summed E-state index contributed by atoms with van der Waals surface area (Å²) in [6, 6.07) is 2.21. The molecule has 0 aromatic carbocycles. The van der Waals surface area contributed by atoms with Gasteiger partial charge >= 0.3 is 0 Å². The number of carbonyl (C=O) groups excluding carboxylic acids is 1. The molecule has 0 bridgehead atoms. The minimum absolute atomic E-state index is 0.0972. The van der Waals surface area contributed by atoms with Crippen LogP contribution in [0.15, 0.2) is 24.3 Å². The van der Waals surface area contributed by atoms with Crippen LogP contribution in [0.5, 0.6) is 0 Å². The van der Waals surface area contributed by atoms with Crippen LogP contribution >= 0.6 is 0 Å². The van der Waals surface area contributed by atoms with E-state index in [-0.39, 0.29) is 11.7 Å². The summed E-state index contributed by atoms with van der Waals surface area (Å²) in [6.45, 7) is 3.89. The van der Waals surface area contributed by atoms with E-state index in [2.05, 4.69) is 12.6 Å². The minimum atomic E-state index is -0.820. The van der Waals surface area contributed by atoms with Gasteiger partial charge in [-0.15, -0.1) is 0 Å². The molecule has 0 amide bonds. The van der Waals surface area contributed by atoms with Crippen LogP contribution in [0.2, 0.25) is 0 Å². The number of ketones is 1. The van der Waals surface area contributed by atoms with Crippen molar-refractivity contribution in [3.05, 3.63) is 24.3 Å². The molecule has 0 radical (unpaired) electrons. The number of allylic oxidation sites excluding steroid dienone is 3. The highest BCUT2D eigenvalue weighted by atomic mass is 16.1. The first-order chi connectivity index (χ1) is 6.69. The molecular weight excluding hydrogens is 174 g/mol. The van der Waals surface area contributed by atoms with Gasteiger partial charge in [0.05, 0.1) is 6.07 Å². The number of Topliss-reactive ketones (excluding diaryl/α,β-unsaturated/α-hetero) is 1. The van der Waals surface area contributed by atoms with E-state index in [9.17, 15) is 10.1 Å². The lowest BCUT2D eigenvalue weighted by molar-refractivity contribution is -0.128. The molecule has 2 unspecified atom stereocenters. The number of rotatable bonds is 0. The third-order valence-corrected chi connectivity index (χ3v) is 3.34. The number of nitrogens with zero attached hydrogens (tertiary/aromatic N) is 1. The van der Waals surface area contributed by atoms with E-state index in [4.69, 9.17) is 0 Å². The predicted octanol–water partition coefficient (Wildman–Crippen LogP) is 2.38. The second-order valence-electron chi connectivity index (χ2n) is 4.19. The summed E-state index contributed by atoms with van der Waals surface area (Å²) < 4.78 is 0. The van der Waals surface area contributed by atoms with Crippen LogP contribution in [-0.2, 0) is 4.79 Å². The number of hydrogen-bond donors (Lipinski definition) is 0. The maximum atomic E-state index is 11.8. The average Bonchev–Trinajstić information content (AvgIpc) is 2.18. The molecule has 2 nitrogen and oxygen atoms in total. The Morgan fingerprint density at radius 1 is 1.64 bits per heavy atom. The van der Waals surface area contributed by atoms with Crippen molar-refractivity contribution in [3.63, 3.8) is 0 Å². The summed E-state index contributed by atoms with van der Waals surface area (Å²) in [7, 11) is 0. The van der Waals surface area contributed by atoms with Gasteiger partial charge in [-0.3, -0.25) is 4.79 Å². The molecule has 1 saturated carbocycles. The highest BCUT2D eigenvalue weighted by molar-refractivity contribution is 5.91. The maximum Gasteiger partial charge on any atom is 0.157 e. The van der Waals surface area contributed by atoms with Crippen molar-refractivity contribution in [3.8, 4) is 6.07 Å². The zero-order chi connectivity index (χ0) is 10.2. The molecule has 0 saturated heterocycles. The van der Waals surface area contributed by atoms with Crippen LogP contribution in [0.25, 0.3) is 0 Å². The fourth-order valence-corrected chi connectivity index (χ4v) is 2.49. The summed E-state index contributed by atoms with van der Waals surface area (Å²) in [6.07, 6.45) is 6.86. The van der Waals surface area contributed by atoms with Gasteiger partial charge in [0.25, 0.3) is 0 Å². The van der Waals surface area contributed by atoms with Gasteiger partial charge in [-0.05, 0) is 25.2 Å². The van der Waals surface area contributed by atoms with Gasteiger partial charge < -0.3 is 0 Å². The number of fused-ring (bicyclic) bond motifs is 1. The topological polar surface area (TPSA) is 40.9 Å². The van der Waals surface area contributed by atoms with Crippen molar-refractivity contribution >= 4 is 5.78 Å². The third-order valence-electron chi connectivity index (χ3n) is 3.34. The normalized spacial score (nSPS) is 36.4. The largest absolute Gasteiger partial charge is 0.298 e. The first kappa shape index (κ1) is 9.21. The van der Waals surface area contributed by atoms with Crippen molar-refractivity contribution in [2.24, 2.45) is 11.3 Å². The van der Waals surface area contributed by atoms with E-state index in [0.717, 1.165) is 24.8 Å². The molecule has 0 aromatic heterocycles. The van der Waals surface area contributed by atoms with Gasteiger partial charge in [-0.1, -0.05) is 24.3 Å². The molecule has 2 atom stereocenters. The summed E-state index contributed by atoms with van der Waals surface area (Å²) >= 11 is 0. The number of hydrogen-bond acceptors (Lipinski definition) is 2. The second-order valence-corrected chi connectivity index (χ2v) is 4.19. The highest BCUT2D eigenvalue weighted by Crippen LogP contribution is 2.45. The lowest BCUT2D eigenvalue weighted by Crippen LogP contribution is -2.40. The van der Waals surface area contributed by atoms with E-state index in [1.165, 1.54) is 0 Å². The summed E-state index contributed by atoms with van der Waals surface area (Å²) in [5, 5.41) is 9.18. The summed E-state index contributed by atoms with van der Waals surface area (Å²) in [4.78, 5) is 11.8. The SMILES string of the molecule is C=C1C=CC2(C#N)C(=O)CCCC2C1. The molecule has 0 heterocycles. The molecule has 0 spiro atoms. The smallest absolute Gasteiger partial charge is 0.157 e. The van der Waals surface area contributed by atoms with Gasteiger partial charge in [0.15, 0.2) is 5.78 Å². The Hall–Kier alpha value is -1.36. The van der Waals surface area contributed by atoms with Crippen LogP contribution in [0.1, 0.15) is 25.7 Å². The van der Waals surface area contributed by atoms with E-state index < -0.39 is 5.41 Å². The van der Waals surface area contributed by atoms with Crippen molar-refractivity contribution < 1.29 is 4.79 Å². The van der Waals surface area contributed by atoms with Gasteiger partial charge in [0, 0.05) is 6.42 Å². The van der Waals surface area contributed by atoms with Crippen molar-refractivity contribution in [1.82, 2.24) is 0 Å². The van der Waals surface area contributed by atoms with Crippen molar-refractivity contribution in [1.29, 1.82) is 5.26 Å². The Bertz CT molecular complexity index is 361. The molecular formula is C12H13NO. The fourth-order valence-electron chi connectivity index (χ4n) is 2.49. The van der Waals surface area contributed by atoms with E-state index >= 15 is 0 Å². The molecule has 2 rings (SSSR count). The monoisotopic (exact) mass is 187 g/mol. The van der Waals surface area contributed by atoms with Crippen molar-refractivity contribution in [2.45, 2.75) is 25.7 Å². The van der Waals surface area contributed by atoms with E-state index in [0.29, 0.717) is 6.42 Å². The van der Waals surface area contributed by atoms with Crippen molar-refractivity contribution in [2.75, 3.05) is 0 Å².